The summed E-state index contributed by atoms with van der Waals surface area (Å²) in [6.45, 7) is 1.94. The molecule has 1 heterocycles. The van der Waals surface area contributed by atoms with Crippen LogP contribution in [0.25, 0.3) is 11.3 Å². The van der Waals surface area contributed by atoms with E-state index in [1.165, 1.54) is 10.7 Å². The van der Waals surface area contributed by atoms with Gasteiger partial charge < -0.3 is 5.73 Å². The molecule has 0 saturated carbocycles. The van der Waals surface area contributed by atoms with Gasteiger partial charge in [0.2, 0.25) is 0 Å². The molecule has 1 atom stereocenters. The minimum atomic E-state index is -0.110. The molecule has 0 aliphatic carbocycles. The van der Waals surface area contributed by atoms with Crippen LogP contribution in [0.3, 0.4) is 0 Å². The van der Waals surface area contributed by atoms with Crippen LogP contribution >= 0.6 is 12.4 Å². The van der Waals surface area contributed by atoms with Crippen molar-refractivity contribution in [3.8, 4) is 11.3 Å². The standard InChI is InChI=1S/C13H15N3O.ClH/c1-9(14)10-3-5-11(6-4-10)12-7-8-13(17)16(2)15-12;/h3-9H,14H2,1-2H3;1H. The van der Waals surface area contributed by atoms with Gasteiger partial charge in [0.15, 0.2) is 0 Å². The van der Waals surface area contributed by atoms with Crippen LogP contribution in [0.15, 0.2) is 41.2 Å². The lowest BCUT2D eigenvalue weighted by Crippen LogP contribution is -2.18. The summed E-state index contributed by atoms with van der Waals surface area (Å²) >= 11 is 0. The van der Waals surface area contributed by atoms with Gasteiger partial charge in [-0.15, -0.1) is 12.4 Å². The fourth-order valence-electron chi connectivity index (χ4n) is 1.61. The number of rotatable bonds is 2. The summed E-state index contributed by atoms with van der Waals surface area (Å²) < 4.78 is 1.33. The first-order valence-corrected chi connectivity index (χ1v) is 5.48. The maximum absolute atomic E-state index is 11.2. The smallest absolute Gasteiger partial charge is 0.266 e. The highest BCUT2D eigenvalue weighted by molar-refractivity contribution is 5.85. The molecule has 1 aromatic heterocycles. The van der Waals surface area contributed by atoms with E-state index >= 15 is 0 Å². The van der Waals surface area contributed by atoms with Gasteiger partial charge in [-0.25, -0.2) is 4.68 Å². The number of aromatic nitrogens is 2. The highest BCUT2D eigenvalue weighted by Crippen LogP contribution is 2.18. The molecule has 2 aromatic rings. The van der Waals surface area contributed by atoms with Gasteiger partial charge in [-0.1, -0.05) is 24.3 Å². The van der Waals surface area contributed by atoms with Gasteiger partial charge in [0.25, 0.3) is 5.56 Å². The molecular formula is C13H16ClN3O. The summed E-state index contributed by atoms with van der Waals surface area (Å²) in [6, 6.07) is 11.2. The number of hydrogen-bond donors (Lipinski definition) is 1. The van der Waals surface area contributed by atoms with E-state index in [0.29, 0.717) is 0 Å². The lowest BCUT2D eigenvalue weighted by Gasteiger charge is -2.07. The Kier molecular flexibility index (Phi) is 4.64. The molecule has 0 radical (unpaired) electrons. The average molecular weight is 266 g/mol. The number of hydrogen-bond acceptors (Lipinski definition) is 3. The molecule has 4 nitrogen and oxygen atoms in total. The second-order valence-corrected chi connectivity index (χ2v) is 4.09. The van der Waals surface area contributed by atoms with E-state index in [-0.39, 0.29) is 24.0 Å². The first-order valence-electron chi connectivity index (χ1n) is 5.48. The summed E-state index contributed by atoms with van der Waals surface area (Å²) in [4.78, 5) is 11.2. The van der Waals surface area contributed by atoms with Gasteiger partial charge in [0, 0.05) is 24.7 Å². The van der Waals surface area contributed by atoms with Gasteiger partial charge in [0.05, 0.1) is 5.69 Å². The van der Waals surface area contributed by atoms with E-state index in [2.05, 4.69) is 5.10 Å². The van der Waals surface area contributed by atoms with Crippen LogP contribution in [0.2, 0.25) is 0 Å². The second kappa shape index (κ2) is 5.80. The molecule has 5 heteroatoms. The van der Waals surface area contributed by atoms with Crippen molar-refractivity contribution in [3.63, 3.8) is 0 Å². The van der Waals surface area contributed by atoms with E-state index in [1.807, 2.05) is 31.2 Å². The minimum absolute atomic E-state index is 0. The minimum Gasteiger partial charge on any atom is -0.324 e. The van der Waals surface area contributed by atoms with Crippen molar-refractivity contribution in [2.45, 2.75) is 13.0 Å². The quantitative estimate of drug-likeness (QED) is 0.902. The van der Waals surface area contributed by atoms with Crippen molar-refractivity contribution >= 4 is 12.4 Å². The molecule has 0 bridgehead atoms. The molecule has 0 aliphatic heterocycles. The Labute approximate surface area is 112 Å². The first-order chi connectivity index (χ1) is 8.08. The average Bonchev–Trinajstić information content (AvgIpc) is 2.33. The van der Waals surface area contributed by atoms with Crippen LogP contribution < -0.4 is 11.3 Å². The Bertz CT molecular complexity index is 576. The summed E-state index contributed by atoms with van der Waals surface area (Å²) in [5.74, 6) is 0. The largest absolute Gasteiger partial charge is 0.324 e. The topological polar surface area (TPSA) is 60.9 Å². The zero-order chi connectivity index (χ0) is 12.4. The molecule has 2 rings (SSSR count). The highest BCUT2D eigenvalue weighted by Gasteiger charge is 2.03. The predicted molar refractivity (Wildman–Crippen MR) is 74.8 cm³/mol. The summed E-state index contributed by atoms with van der Waals surface area (Å²) in [7, 11) is 1.64. The SMILES string of the molecule is CC(N)c1ccc(-c2ccc(=O)n(C)n2)cc1.Cl. The zero-order valence-electron chi connectivity index (χ0n) is 10.3. The van der Waals surface area contributed by atoms with Crippen molar-refractivity contribution < 1.29 is 0 Å². The molecule has 0 aliphatic rings. The van der Waals surface area contributed by atoms with Gasteiger partial charge in [0.1, 0.15) is 0 Å². The van der Waals surface area contributed by atoms with Crippen LogP contribution in [0.1, 0.15) is 18.5 Å². The number of halogens is 1. The Morgan fingerprint density at radius 2 is 1.78 bits per heavy atom. The van der Waals surface area contributed by atoms with E-state index in [1.54, 1.807) is 13.1 Å². The Balaban J connectivity index is 0.00000162. The predicted octanol–water partition coefficient (Wildman–Crippen LogP) is 1.89. The third-order valence-corrected chi connectivity index (χ3v) is 2.69. The van der Waals surface area contributed by atoms with Crippen LogP contribution in [0, 0.1) is 0 Å². The Hall–Kier alpha value is -1.65. The molecule has 96 valence electrons. The summed E-state index contributed by atoms with van der Waals surface area (Å²) in [6.07, 6.45) is 0. The molecule has 0 spiro atoms. The molecule has 1 aromatic carbocycles. The van der Waals surface area contributed by atoms with E-state index in [9.17, 15) is 4.79 Å². The van der Waals surface area contributed by atoms with Gasteiger partial charge >= 0.3 is 0 Å². The number of aryl methyl sites for hydroxylation is 1. The Morgan fingerprint density at radius 3 is 2.28 bits per heavy atom. The van der Waals surface area contributed by atoms with Crippen LogP contribution in [0.5, 0.6) is 0 Å². The number of nitrogens with zero attached hydrogens (tertiary/aromatic N) is 2. The third-order valence-electron chi connectivity index (χ3n) is 2.69. The maximum atomic E-state index is 11.2. The van der Waals surface area contributed by atoms with Crippen LogP contribution in [0.4, 0.5) is 0 Å². The second-order valence-electron chi connectivity index (χ2n) is 4.09. The van der Waals surface area contributed by atoms with Crippen molar-refractivity contribution in [2.75, 3.05) is 0 Å². The van der Waals surface area contributed by atoms with Crippen LogP contribution in [-0.4, -0.2) is 9.78 Å². The molecule has 2 N–H and O–H groups in total. The molecule has 0 amide bonds. The van der Waals surface area contributed by atoms with Gasteiger partial charge in [-0.3, -0.25) is 4.79 Å². The summed E-state index contributed by atoms with van der Waals surface area (Å²) in [5.41, 5.74) is 8.51. The molecular weight excluding hydrogens is 250 g/mol. The first kappa shape index (κ1) is 14.4. The van der Waals surface area contributed by atoms with Crippen LogP contribution in [-0.2, 0) is 7.05 Å². The van der Waals surface area contributed by atoms with E-state index < -0.39 is 0 Å². The van der Waals surface area contributed by atoms with Crippen molar-refractivity contribution in [2.24, 2.45) is 12.8 Å². The fraction of sp³-hybridized carbons (Fsp3) is 0.231. The molecule has 0 saturated heterocycles. The van der Waals surface area contributed by atoms with E-state index in [0.717, 1.165) is 16.8 Å². The van der Waals surface area contributed by atoms with E-state index in [4.69, 9.17) is 5.73 Å². The highest BCUT2D eigenvalue weighted by atomic mass is 35.5. The van der Waals surface area contributed by atoms with Crippen molar-refractivity contribution in [1.82, 2.24) is 9.78 Å². The molecule has 18 heavy (non-hydrogen) atoms. The summed E-state index contributed by atoms with van der Waals surface area (Å²) in [5, 5.41) is 4.19. The number of nitrogens with two attached hydrogens (primary N) is 1. The normalized spacial score (nSPS) is 11.7. The van der Waals surface area contributed by atoms with Crippen molar-refractivity contribution in [3.05, 3.63) is 52.3 Å². The maximum Gasteiger partial charge on any atom is 0.266 e. The van der Waals surface area contributed by atoms with Gasteiger partial charge in [-0.05, 0) is 18.6 Å². The lowest BCUT2D eigenvalue weighted by atomic mass is 10.1. The lowest BCUT2D eigenvalue weighted by molar-refractivity contribution is 0.712. The van der Waals surface area contributed by atoms with Crippen molar-refractivity contribution in [1.29, 1.82) is 0 Å². The number of benzene rings is 1. The fourth-order valence-corrected chi connectivity index (χ4v) is 1.61. The monoisotopic (exact) mass is 265 g/mol. The Morgan fingerprint density at radius 1 is 1.17 bits per heavy atom. The third kappa shape index (κ3) is 2.97. The molecule has 1 unspecified atom stereocenters. The molecule has 0 fully saturated rings. The van der Waals surface area contributed by atoms with Gasteiger partial charge in [-0.2, -0.15) is 5.10 Å². The zero-order valence-corrected chi connectivity index (χ0v) is 11.1.